The summed E-state index contributed by atoms with van der Waals surface area (Å²) in [5, 5.41) is 9.70. The van der Waals surface area contributed by atoms with Crippen molar-refractivity contribution in [3.05, 3.63) is 26.8 Å². The molecule has 15 heavy (non-hydrogen) atoms. The van der Waals surface area contributed by atoms with Gasteiger partial charge in [-0.25, -0.2) is 0 Å². The van der Waals surface area contributed by atoms with E-state index in [9.17, 15) is 5.11 Å². The standard InChI is InChI=1S/C11H16INO.HI/c1-11(2,3)8-4-7(6-13)10(14)9(12)5-8;/h4-5,14H,6,13H2,1-3H3;1H. The van der Waals surface area contributed by atoms with Crippen LogP contribution in [-0.4, -0.2) is 5.11 Å². The number of benzene rings is 1. The molecule has 0 atom stereocenters. The molecule has 1 aromatic rings. The van der Waals surface area contributed by atoms with Crippen LogP contribution in [0.2, 0.25) is 0 Å². The average Bonchev–Trinajstić information content (AvgIpc) is 2.07. The van der Waals surface area contributed by atoms with Crippen molar-refractivity contribution in [1.29, 1.82) is 0 Å². The maximum absolute atomic E-state index is 9.70. The van der Waals surface area contributed by atoms with Crippen LogP contribution >= 0.6 is 46.6 Å². The first-order valence-corrected chi connectivity index (χ1v) is 5.66. The number of phenols is 1. The number of hydrogen-bond acceptors (Lipinski definition) is 2. The lowest BCUT2D eigenvalue weighted by atomic mass is 9.86. The van der Waals surface area contributed by atoms with Gasteiger partial charge in [-0.05, 0) is 39.6 Å². The average molecular weight is 433 g/mol. The van der Waals surface area contributed by atoms with Gasteiger partial charge in [-0.3, -0.25) is 0 Å². The second-order valence-corrected chi connectivity index (χ2v) is 5.58. The van der Waals surface area contributed by atoms with Gasteiger partial charge >= 0.3 is 0 Å². The summed E-state index contributed by atoms with van der Waals surface area (Å²) in [7, 11) is 0. The summed E-state index contributed by atoms with van der Waals surface area (Å²) in [6.45, 7) is 6.83. The molecule has 0 bridgehead atoms. The Bertz CT molecular complexity index is 345. The van der Waals surface area contributed by atoms with Crippen LogP contribution in [0.15, 0.2) is 12.1 Å². The molecule has 0 radical (unpaired) electrons. The van der Waals surface area contributed by atoms with Gasteiger partial charge in [0.1, 0.15) is 5.75 Å². The molecule has 0 aliphatic carbocycles. The molecule has 86 valence electrons. The molecule has 0 aliphatic rings. The minimum Gasteiger partial charge on any atom is -0.507 e. The molecular formula is C11H17I2NO. The van der Waals surface area contributed by atoms with Gasteiger partial charge in [0, 0.05) is 12.1 Å². The van der Waals surface area contributed by atoms with Crippen LogP contribution in [0.3, 0.4) is 0 Å². The van der Waals surface area contributed by atoms with Crippen LogP contribution in [0.1, 0.15) is 31.9 Å². The maximum atomic E-state index is 9.70. The van der Waals surface area contributed by atoms with E-state index >= 15 is 0 Å². The highest BCUT2D eigenvalue weighted by atomic mass is 127. The zero-order chi connectivity index (χ0) is 10.9. The van der Waals surface area contributed by atoms with E-state index in [1.54, 1.807) is 0 Å². The summed E-state index contributed by atoms with van der Waals surface area (Å²) in [6, 6.07) is 3.99. The molecule has 0 aliphatic heterocycles. The molecule has 0 saturated heterocycles. The van der Waals surface area contributed by atoms with E-state index in [1.165, 1.54) is 5.56 Å². The van der Waals surface area contributed by atoms with Crippen LogP contribution in [0.25, 0.3) is 0 Å². The second kappa shape index (κ2) is 5.67. The van der Waals surface area contributed by atoms with E-state index in [1.807, 2.05) is 12.1 Å². The number of phenolic OH excluding ortho intramolecular Hbond substituents is 1. The number of nitrogens with two attached hydrogens (primary N) is 1. The third-order valence-corrected chi connectivity index (χ3v) is 3.05. The molecule has 0 spiro atoms. The first kappa shape index (κ1) is 15.4. The molecule has 0 amide bonds. The van der Waals surface area contributed by atoms with Crippen molar-refractivity contribution < 1.29 is 5.11 Å². The van der Waals surface area contributed by atoms with E-state index < -0.39 is 0 Å². The topological polar surface area (TPSA) is 46.2 Å². The van der Waals surface area contributed by atoms with Crippen molar-refractivity contribution in [2.75, 3.05) is 0 Å². The Labute approximate surface area is 122 Å². The van der Waals surface area contributed by atoms with Crippen LogP contribution in [-0.2, 0) is 12.0 Å². The predicted octanol–water partition coefficient (Wildman–Crippen LogP) is 3.37. The number of aromatic hydroxyl groups is 1. The van der Waals surface area contributed by atoms with E-state index in [4.69, 9.17) is 5.73 Å². The summed E-state index contributed by atoms with van der Waals surface area (Å²) in [5.41, 5.74) is 7.69. The first-order valence-electron chi connectivity index (χ1n) is 4.58. The maximum Gasteiger partial charge on any atom is 0.133 e. The highest BCUT2D eigenvalue weighted by Gasteiger charge is 2.17. The zero-order valence-electron chi connectivity index (χ0n) is 9.17. The number of halogens is 2. The van der Waals surface area contributed by atoms with Crippen molar-refractivity contribution >= 4 is 46.6 Å². The molecule has 4 heteroatoms. The predicted molar refractivity (Wildman–Crippen MR) is 82.8 cm³/mol. The van der Waals surface area contributed by atoms with Gasteiger partial charge in [-0.1, -0.05) is 26.8 Å². The van der Waals surface area contributed by atoms with Crippen LogP contribution in [0, 0.1) is 3.57 Å². The van der Waals surface area contributed by atoms with Gasteiger partial charge in [-0.15, -0.1) is 24.0 Å². The fourth-order valence-electron chi connectivity index (χ4n) is 1.24. The molecular weight excluding hydrogens is 416 g/mol. The Morgan fingerprint density at radius 1 is 1.33 bits per heavy atom. The number of rotatable bonds is 1. The molecule has 0 heterocycles. The molecule has 1 rings (SSSR count). The Hall–Kier alpha value is 0.440. The monoisotopic (exact) mass is 433 g/mol. The normalized spacial score (nSPS) is 11.0. The highest BCUT2D eigenvalue weighted by molar-refractivity contribution is 14.1. The Balaban J connectivity index is 0.00000196. The third kappa shape index (κ3) is 3.74. The third-order valence-electron chi connectivity index (χ3n) is 2.23. The van der Waals surface area contributed by atoms with Crippen molar-refractivity contribution in [3.8, 4) is 5.75 Å². The quantitative estimate of drug-likeness (QED) is 0.668. The highest BCUT2D eigenvalue weighted by Crippen LogP contribution is 2.31. The second-order valence-electron chi connectivity index (χ2n) is 4.42. The van der Waals surface area contributed by atoms with Gasteiger partial charge in [0.25, 0.3) is 0 Å². The lowest BCUT2D eigenvalue weighted by molar-refractivity contribution is 0.463. The van der Waals surface area contributed by atoms with Crippen molar-refractivity contribution in [1.82, 2.24) is 0 Å². The van der Waals surface area contributed by atoms with Gasteiger partial charge in [-0.2, -0.15) is 0 Å². The molecule has 3 N–H and O–H groups in total. The minimum absolute atomic E-state index is 0. The Morgan fingerprint density at radius 3 is 2.27 bits per heavy atom. The molecule has 0 aromatic heterocycles. The Morgan fingerprint density at radius 2 is 1.87 bits per heavy atom. The van der Waals surface area contributed by atoms with Gasteiger partial charge in [0.15, 0.2) is 0 Å². The fourth-order valence-corrected chi connectivity index (χ4v) is 1.93. The van der Waals surface area contributed by atoms with Crippen molar-refractivity contribution in [2.24, 2.45) is 5.73 Å². The molecule has 0 unspecified atom stereocenters. The largest absolute Gasteiger partial charge is 0.507 e. The van der Waals surface area contributed by atoms with Crippen LogP contribution in [0.4, 0.5) is 0 Å². The van der Waals surface area contributed by atoms with Gasteiger partial charge in [0.05, 0.1) is 3.57 Å². The summed E-state index contributed by atoms with van der Waals surface area (Å²) in [6.07, 6.45) is 0. The SMILES string of the molecule is CC(C)(C)c1cc(I)c(O)c(CN)c1.I. The van der Waals surface area contributed by atoms with Crippen LogP contribution < -0.4 is 5.73 Å². The lowest BCUT2D eigenvalue weighted by Crippen LogP contribution is -2.12. The van der Waals surface area contributed by atoms with Gasteiger partial charge in [0.2, 0.25) is 0 Å². The van der Waals surface area contributed by atoms with E-state index in [2.05, 4.69) is 43.4 Å². The molecule has 0 fully saturated rings. The summed E-state index contributed by atoms with van der Waals surface area (Å²) >= 11 is 2.13. The summed E-state index contributed by atoms with van der Waals surface area (Å²) < 4.78 is 0.871. The summed E-state index contributed by atoms with van der Waals surface area (Å²) in [4.78, 5) is 0. The minimum atomic E-state index is 0. The summed E-state index contributed by atoms with van der Waals surface area (Å²) in [5.74, 6) is 0.320. The molecule has 2 nitrogen and oxygen atoms in total. The van der Waals surface area contributed by atoms with E-state index in [0.29, 0.717) is 12.3 Å². The van der Waals surface area contributed by atoms with Crippen molar-refractivity contribution in [3.63, 3.8) is 0 Å². The smallest absolute Gasteiger partial charge is 0.133 e. The van der Waals surface area contributed by atoms with Crippen LogP contribution in [0.5, 0.6) is 5.75 Å². The fraction of sp³-hybridized carbons (Fsp3) is 0.455. The molecule has 0 saturated carbocycles. The zero-order valence-corrected chi connectivity index (χ0v) is 13.7. The lowest BCUT2D eigenvalue weighted by Gasteiger charge is -2.21. The Kier molecular flexibility index (Phi) is 5.84. The van der Waals surface area contributed by atoms with E-state index in [0.717, 1.165) is 9.13 Å². The molecule has 1 aromatic carbocycles. The van der Waals surface area contributed by atoms with E-state index in [-0.39, 0.29) is 29.4 Å². The van der Waals surface area contributed by atoms with Gasteiger partial charge < -0.3 is 10.8 Å². The number of hydrogen-bond donors (Lipinski definition) is 2. The first-order chi connectivity index (χ1) is 6.36. The van der Waals surface area contributed by atoms with Crippen molar-refractivity contribution in [2.45, 2.75) is 32.7 Å².